The van der Waals surface area contributed by atoms with Crippen LogP contribution >= 0.6 is 27.3 Å². The predicted molar refractivity (Wildman–Crippen MR) is 165 cm³/mol. The third-order valence-corrected chi connectivity index (χ3v) is 7.81. The van der Waals surface area contributed by atoms with Gasteiger partial charge in [0.25, 0.3) is 5.91 Å². The molecule has 6 aromatic rings. The second-order valence-electron chi connectivity index (χ2n) is 9.03. The molecule has 0 aliphatic heterocycles. The molecule has 202 valence electrons. The quantitative estimate of drug-likeness (QED) is 0.194. The summed E-state index contributed by atoms with van der Waals surface area (Å²) in [6, 6.07) is 35.2. The summed E-state index contributed by atoms with van der Waals surface area (Å²) >= 11 is 4.96. The number of para-hydroxylation sites is 2. The van der Waals surface area contributed by atoms with Crippen molar-refractivity contribution in [3.8, 4) is 39.6 Å². The second-order valence-corrected chi connectivity index (χ2v) is 10.8. The Morgan fingerprint density at radius 3 is 2.15 bits per heavy atom. The van der Waals surface area contributed by atoms with E-state index < -0.39 is 0 Å². The lowest BCUT2D eigenvalue weighted by Gasteiger charge is -2.09. The number of nitrogens with one attached hydrogen (secondary N) is 1. The van der Waals surface area contributed by atoms with Crippen LogP contribution in [0.15, 0.2) is 130 Å². The van der Waals surface area contributed by atoms with E-state index in [0.717, 1.165) is 38.4 Å². The van der Waals surface area contributed by atoms with Crippen molar-refractivity contribution in [1.29, 1.82) is 0 Å². The zero-order valence-electron chi connectivity index (χ0n) is 21.9. The van der Waals surface area contributed by atoms with Crippen LogP contribution in [-0.2, 0) is 0 Å². The molecule has 0 radical (unpaired) electrons. The number of carbonyl (C=O) groups excluding carboxylic acids is 1. The van der Waals surface area contributed by atoms with Crippen LogP contribution in [0.5, 0.6) is 5.75 Å². The third-order valence-electron chi connectivity index (χ3n) is 6.46. The highest BCUT2D eigenvalue weighted by atomic mass is 79.9. The molecule has 2 aromatic heterocycles. The number of hydrogen-bond acceptors (Lipinski definition) is 5. The van der Waals surface area contributed by atoms with Gasteiger partial charge < -0.3 is 4.74 Å². The summed E-state index contributed by atoms with van der Waals surface area (Å²) in [5.41, 5.74) is 8.31. The maximum absolute atomic E-state index is 13.6. The van der Waals surface area contributed by atoms with Gasteiger partial charge >= 0.3 is 0 Å². The lowest BCUT2D eigenvalue weighted by molar-refractivity contribution is 0.0953. The van der Waals surface area contributed by atoms with Gasteiger partial charge in [-0.1, -0.05) is 64.5 Å². The number of rotatable bonds is 7. The summed E-state index contributed by atoms with van der Waals surface area (Å²) < 4.78 is 10.0. The topological polar surface area (TPSA) is 73.4 Å². The fraction of sp³-hybridized carbons (Fsp3) is 0.0312. The number of amides is 1. The Bertz CT molecular complexity index is 1860. The van der Waals surface area contributed by atoms with Crippen LogP contribution < -0.4 is 15.0 Å². The monoisotopic (exact) mass is 621 g/mol. The lowest BCUT2D eigenvalue weighted by Crippen LogP contribution is -2.24. The molecule has 0 aliphatic carbocycles. The first-order chi connectivity index (χ1) is 20.1. The van der Waals surface area contributed by atoms with Gasteiger partial charge in [-0.05, 0) is 66.2 Å². The van der Waals surface area contributed by atoms with Gasteiger partial charge in [-0.25, -0.2) is 10.1 Å². The van der Waals surface area contributed by atoms with E-state index in [1.165, 1.54) is 11.3 Å². The van der Waals surface area contributed by atoms with E-state index in [-0.39, 0.29) is 5.91 Å². The van der Waals surface area contributed by atoms with E-state index in [1.54, 1.807) is 18.0 Å². The van der Waals surface area contributed by atoms with Gasteiger partial charge in [0.15, 0.2) is 0 Å². The van der Waals surface area contributed by atoms with Crippen molar-refractivity contribution in [3.63, 3.8) is 0 Å². The fourth-order valence-electron chi connectivity index (χ4n) is 4.41. The summed E-state index contributed by atoms with van der Waals surface area (Å²) in [6.07, 6.45) is 1.73. The molecule has 7 nitrogen and oxygen atoms in total. The maximum atomic E-state index is 13.6. The van der Waals surface area contributed by atoms with Gasteiger partial charge in [0.1, 0.15) is 11.4 Å². The van der Waals surface area contributed by atoms with Crippen LogP contribution in [0, 0.1) is 0 Å². The molecular formula is C32H24BrN5O2S. The van der Waals surface area contributed by atoms with E-state index in [4.69, 9.17) is 9.84 Å². The summed E-state index contributed by atoms with van der Waals surface area (Å²) in [7, 11) is 1.62. The van der Waals surface area contributed by atoms with Crippen molar-refractivity contribution in [3.05, 3.63) is 136 Å². The number of hydrogen-bond donors (Lipinski definition) is 1. The molecule has 0 fully saturated rings. The number of nitrogens with zero attached hydrogens (tertiary/aromatic N) is 4. The van der Waals surface area contributed by atoms with Crippen molar-refractivity contribution in [2.45, 2.75) is 0 Å². The average molecular weight is 623 g/mol. The SMILES string of the molecule is COc1ccc(-c2nn(-c3ccccc3)cc2C(=O)N/N=c2/scc(-c3ccc(Br)cc3)n2-c2ccccc2)cc1. The Hall–Kier alpha value is -4.73. The second kappa shape index (κ2) is 11.8. The van der Waals surface area contributed by atoms with Gasteiger partial charge in [0.2, 0.25) is 4.80 Å². The first kappa shape index (κ1) is 26.5. The van der Waals surface area contributed by atoms with E-state index in [1.807, 2.05) is 119 Å². The van der Waals surface area contributed by atoms with Crippen LogP contribution in [-0.4, -0.2) is 27.4 Å². The normalized spacial score (nSPS) is 11.4. The van der Waals surface area contributed by atoms with Crippen molar-refractivity contribution in [2.75, 3.05) is 7.11 Å². The number of aromatic nitrogens is 3. The highest BCUT2D eigenvalue weighted by Gasteiger charge is 2.19. The number of methoxy groups -OCH3 is 1. The molecule has 0 saturated heterocycles. The molecule has 0 unspecified atom stereocenters. The average Bonchev–Trinajstić information content (AvgIpc) is 3.67. The van der Waals surface area contributed by atoms with Crippen LogP contribution in [0.1, 0.15) is 10.4 Å². The number of benzene rings is 4. The lowest BCUT2D eigenvalue weighted by atomic mass is 10.1. The Morgan fingerprint density at radius 2 is 1.49 bits per heavy atom. The smallest absolute Gasteiger partial charge is 0.275 e. The molecule has 1 N–H and O–H groups in total. The molecule has 0 bridgehead atoms. The predicted octanol–water partition coefficient (Wildman–Crippen LogP) is 7.08. The van der Waals surface area contributed by atoms with Crippen molar-refractivity contribution in [1.82, 2.24) is 19.8 Å². The van der Waals surface area contributed by atoms with Crippen molar-refractivity contribution in [2.24, 2.45) is 5.10 Å². The Morgan fingerprint density at radius 1 is 0.854 bits per heavy atom. The minimum Gasteiger partial charge on any atom is -0.497 e. The molecular weight excluding hydrogens is 598 g/mol. The van der Waals surface area contributed by atoms with Crippen LogP contribution in [0.25, 0.3) is 33.9 Å². The first-order valence-electron chi connectivity index (χ1n) is 12.8. The van der Waals surface area contributed by atoms with Crippen LogP contribution in [0.3, 0.4) is 0 Å². The summed E-state index contributed by atoms with van der Waals surface area (Å²) in [5, 5.41) is 11.4. The number of ether oxygens (including phenoxy) is 1. The molecule has 0 spiro atoms. The highest BCUT2D eigenvalue weighted by Crippen LogP contribution is 2.27. The standard InChI is InChI=1S/C32H24BrN5O2S/c1-40-27-18-14-23(15-19-27)30-28(20-37(36-30)25-8-4-2-5-9-25)31(39)34-35-32-38(26-10-6-3-7-11-26)29(21-41-32)22-12-16-24(33)17-13-22/h2-21H,1H3,(H,34,39)/b35-32+. The van der Waals surface area contributed by atoms with Crippen molar-refractivity contribution < 1.29 is 9.53 Å². The summed E-state index contributed by atoms with van der Waals surface area (Å²) in [4.78, 5) is 14.3. The van der Waals surface area contributed by atoms with E-state index in [2.05, 4.69) is 26.5 Å². The third kappa shape index (κ3) is 5.63. The summed E-state index contributed by atoms with van der Waals surface area (Å²) in [5.74, 6) is 0.359. The maximum Gasteiger partial charge on any atom is 0.275 e. The minimum atomic E-state index is -0.365. The molecule has 0 atom stereocenters. The number of halogens is 1. The van der Waals surface area contributed by atoms with E-state index in [0.29, 0.717) is 16.1 Å². The van der Waals surface area contributed by atoms with E-state index >= 15 is 0 Å². The first-order valence-corrected chi connectivity index (χ1v) is 14.4. The summed E-state index contributed by atoms with van der Waals surface area (Å²) in [6.45, 7) is 0. The zero-order valence-corrected chi connectivity index (χ0v) is 24.3. The van der Waals surface area contributed by atoms with Gasteiger partial charge in [-0.2, -0.15) is 5.10 Å². The number of thiazole rings is 1. The van der Waals surface area contributed by atoms with Gasteiger partial charge in [0, 0.05) is 27.3 Å². The molecule has 4 aromatic carbocycles. The molecule has 1 amide bonds. The Balaban J connectivity index is 1.40. The van der Waals surface area contributed by atoms with Gasteiger partial charge in [0.05, 0.1) is 24.1 Å². The molecule has 2 heterocycles. The zero-order chi connectivity index (χ0) is 28.2. The van der Waals surface area contributed by atoms with Gasteiger partial charge in [-0.3, -0.25) is 9.36 Å². The van der Waals surface area contributed by atoms with Crippen molar-refractivity contribution >= 4 is 33.2 Å². The highest BCUT2D eigenvalue weighted by molar-refractivity contribution is 9.10. The molecule has 9 heteroatoms. The fourth-order valence-corrected chi connectivity index (χ4v) is 5.54. The Labute approximate surface area is 249 Å². The molecule has 6 rings (SSSR count). The largest absolute Gasteiger partial charge is 0.497 e. The minimum absolute atomic E-state index is 0.365. The van der Waals surface area contributed by atoms with E-state index in [9.17, 15) is 4.79 Å². The van der Waals surface area contributed by atoms with Gasteiger partial charge in [-0.15, -0.1) is 16.4 Å². The van der Waals surface area contributed by atoms with Crippen LogP contribution in [0.4, 0.5) is 0 Å². The molecule has 0 saturated carbocycles. The molecule has 0 aliphatic rings. The molecule has 41 heavy (non-hydrogen) atoms. The number of carbonyl (C=O) groups is 1. The Kier molecular flexibility index (Phi) is 7.62. The van der Waals surface area contributed by atoms with Crippen LogP contribution in [0.2, 0.25) is 0 Å².